The van der Waals surface area contributed by atoms with E-state index in [1.165, 1.54) is 6.07 Å². The van der Waals surface area contributed by atoms with Crippen molar-refractivity contribution in [1.29, 1.82) is 0 Å². The third-order valence-corrected chi connectivity index (χ3v) is 2.64. The Kier molecular flexibility index (Phi) is 5.89. The van der Waals surface area contributed by atoms with E-state index >= 15 is 0 Å². The molecule has 0 fully saturated rings. The fourth-order valence-electron chi connectivity index (χ4n) is 1.49. The van der Waals surface area contributed by atoms with Crippen LogP contribution in [0.4, 0.5) is 19.3 Å². The standard InChI is InChI=1S/C13H16F2N2O3/c1-8(2-5-12(18)19)7-16-13(20)17-9-3-4-10(14)11(15)6-9/h3-4,6,8H,2,5,7H2,1H3,(H,18,19)(H2,16,17,20). The molecule has 20 heavy (non-hydrogen) atoms. The zero-order valence-corrected chi connectivity index (χ0v) is 11.0. The minimum absolute atomic E-state index is 0.00167. The Morgan fingerprint density at radius 1 is 1.30 bits per heavy atom. The Morgan fingerprint density at radius 3 is 2.60 bits per heavy atom. The van der Waals surface area contributed by atoms with Gasteiger partial charge in [-0.05, 0) is 24.5 Å². The van der Waals surface area contributed by atoms with E-state index in [0.29, 0.717) is 13.0 Å². The van der Waals surface area contributed by atoms with E-state index in [4.69, 9.17) is 5.11 Å². The number of carbonyl (C=O) groups is 2. The predicted octanol–water partition coefficient (Wildman–Crippen LogP) is 2.59. The summed E-state index contributed by atoms with van der Waals surface area (Å²) >= 11 is 0. The number of carbonyl (C=O) groups excluding carboxylic acids is 1. The second-order valence-corrected chi connectivity index (χ2v) is 4.50. The molecule has 1 rings (SSSR count). The number of hydrogen-bond acceptors (Lipinski definition) is 2. The average molecular weight is 286 g/mol. The highest BCUT2D eigenvalue weighted by molar-refractivity contribution is 5.89. The van der Waals surface area contributed by atoms with Gasteiger partial charge >= 0.3 is 12.0 Å². The van der Waals surface area contributed by atoms with Crippen LogP contribution in [0.15, 0.2) is 18.2 Å². The molecular formula is C13H16F2N2O3. The van der Waals surface area contributed by atoms with Crippen LogP contribution < -0.4 is 10.6 Å². The number of benzene rings is 1. The number of carboxylic acids is 1. The first-order chi connectivity index (χ1) is 9.38. The van der Waals surface area contributed by atoms with Crippen LogP contribution in [0.3, 0.4) is 0 Å². The van der Waals surface area contributed by atoms with Crippen LogP contribution in [0, 0.1) is 17.6 Å². The van der Waals surface area contributed by atoms with Gasteiger partial charge in [-0.1, -0.05) is 6.92 Å². The number of rotatable bonds is 6. The van der Waals surface area contributed by atoms with Crippen molar-refractivity contribution < 1.29 is 23.5 Å². The van der Waals surface area contributed by atoms with Gasteiger partial charge in [-0.25, -0.2) is 13.6 Å². The minimum Gasteiger partial charge on any atom is -0.481 e. The SMILES string of the molecule is CC(CCC(=O)O)CNC(=O)Nc1ccc(F)c(F)c1. The number of urea groups is 1. The summed E-state index contributed by atoms with van der Waals surface area (Å²) < 4.78 is 25.6. The van der Waals surface area contributed by atoms with Crippen molar-refractivity contribution in [3.63, 3.8) is 0 Å². The largest absolute Gasteiger partial charge is 0.481 e. The molecule has 0 spiro atoms. The highest BCUT2D eigenvalue weighted by Gasteiger charge is 2.09. The molecule has 0 aliphatic rings. The van der Waals surface area contributed by atoms with Gasteiger partial charge in [-0.3, -0.25) is 4.79 Å². The van der Waals surface area contributed by atoms with Gasteiger partial charge < -0.3 is 15.7 Å². The molecule has 0 heterocycles. The third-order valence-electron chi connectivity index (χ3n) is 2.64. The normalized spacial score (nSPS) is 11.8. The van der Waals surface area contributed by atoms with Crippen LogP contribution in [0.25, 0.3) is 0 Å². The average Bonchev–Trinajstić information content (AvgIpc) is 2.38. The van der Waals surface area contributed by atoms with Gasteiger partial charge in [-0.2, -0.15) is 0 Å². The van der Waals surface area contributed by atoms with E-state index in [0.717, 1.165) is 12.1 Å². The molecule has 0 aliphatic carbocycles. The second-order valence-electron chi connectivity index (χ2n) is 4.50. The summed E-state index contributed by atoms with van der Waals surface area (Å²) in [7, 11) is 0. The zero-order chi connectivity index (χ0) is 15.1. The minimum atomic E-state index is -1.04. The molecule has 3 N–H and O–H groups in total. The highest BCUT2D eigenvalue weighted by atomic mass is 19.2. The maximum atomic E-state index is 12.9. The first-order valence-electron chi connectivity index (χ1n) is 6.10. The first kappa shape index (κ1) is 15.9. The molecule has 0 aromatic heterocycles. The Bertz CT molecular complexity index is 495. The van der Waals surface area contributed by atoms with Crippen molar-refractivity contribution in [2.45, 2.75) is 19.8 Å². The van der Waals surface area contributed by atoms with E-state index < -0.39 is 23.6 Å². The van der Waals surface area contributed by atoms with Gasteiger partial charge in [0, 0.05) is 24.7 Å². The predicted molar refractivity (Wildman–Crippen MR) is 69.4 cm³/mol. The van der Waals surface area contributed by atoms with Crippen molar-refractivity contribution in [2.24, 2.45) is 5.92 Å². The van der Waals surface area contributed by atoms with Crippen LogP contribution >= 0.6 is 0 Å². The molecule has 1 aromatic rings. The molecule has 1 unspecified atom stereocenters. The molecule has 2 amide bonds. The quantitative estimate of drug-likeness (QED) is 0.752. The van der Waals surface area contributed by atoms with Crippen LogP contribution in [0.2, 0.25) is 0 Å². The van der Waals surface area contributed by atoms with Gasteiger partial charge in [0.2, 0.25) is 0 Å². The van der Waals surface area contributed by atoms with E-state index in [1.807, 2.05) is 0 Å². The van der Waals surface area contributed by atoms with Crippen molar-refractivity contribution in [3.05, 3.63) is 29.8 Å². The summed E-state index contributed by atoms with van der Waals surface area (Å²) in [5.41, 5.74) is 0.139. The van der Waals surface area contributed by atoms with Crippen molar-refractivity contribution in [3.8, 4) is 0 Å². The van der Waals surface area contributed by atoms with Gasteiger partial charge in [0.05, 0.1) is 0 Å². The molecule has 5 nitrogen and oxygen atoms in total. The number of amides is 2. The van der Waals surface area contributed by atoms with E-state index in [9.17, 15) is 18.4 Å². The van der Waals surface area contributed by atoms with E-state index in [1.54, 1.807) is 6.92 Å². The molecule has 110 valence electrons. The zero-order valence-electron chi connectivity index (χ0n) is 11.0. The van der Waals surface area contributed by atoms with Gasteiger partial charge in [0.25, 0.3) is 0 Å². The summed E-state index contributed by atoms with van der Waals surface area (Å²) in [6.45, 7) is 2.10. The lowest BCUT2D eigenvalue weighted by atomic mass is 10.1. The summed E-state index contributed by atoms with van der Waals surface area (Å²) in [4.78, 5) is 21.9. The van der Waals surface area contributed by atoms with Crippen molar-refractivity contribution >= 4 is 17.7 Å². The maximum Gasteiger partial charge on any atom is 0.319 e. The molecule has 0 radical (unpaired) electrons. The van der Waals surface area contributed by atoms with Crippen LogP contribution in [-0.4, -0.2) is 23.7 Å². The monoisotopic (exact) mass is 286 g/mol. The molecule has 0 saturated carbocycles. The third kappa shape index (κ3) is 5.64. The lowest BCUT2D eigenvalue weighted by Gasteiger charge is -2.12. The van der Waals surface area contributed by atoms with E-state index in [-0.39, 0.29) is 18.0 Å². The number of carboxylic acid groups (broad SMARTS) is 1. The number of aliphatic carboxylic acids is 1. The molecule has 1 aromatic carbocycles. The van der Waals surface area contributed by atoms with Crippen molar-refractivity contribution in [2.75, 3.05) is 11.9 Å². The lowest BCUT2D eigenvalue weighted by Crippen LogP contribution is -2.32. The summed E-state index contributed by atoms with van der Waals surface area (Å²) in [5, 5.41) is 13.4. The summed E-state index contributed by atoms with van der Waals surface area (Å²) in [6, 6.07) is 2.48. The van der Waals surface area contributed by atoms with Crippen LogP contribution in [-0.2, 0) is 4.79 Å². The molecule has 0 saturated heterocycles. The van der Waals surface area contributed by atoms with Crippen LogP contribution in [0.5, 0.6) is 0 Å². The smallest absolute Gasteiger partial charge is 0.319 e. The molecule has 0 aliphatic heterocycles. The van der Waals surface area contributed by atoms with E-state index in [2.05, 4.69) is 10.6 Å². The number of nitrogens with one attached hydrogen (secondary N) is 2. The topological polar surface area (TPSA) is 78.4 Å². The molecule has 1 atom stereocenters. The van der Waals surface area contributed by atoms with Crippen molar-refractivity contribution in [1.82, 2.24) is 5.32 Å². The van der Waals surface area contributed by atoms with Gasteiger partial charge in [-0.15, -0.1) is 0 Å². The fourth-order valence-corrected chi connectivity index (χ4v) is 1.49. The Hall–Kier alpha value is -2.18. The number of hydrogen-bond donors (Lipinski definition) is 3. The van der Waals surface area contributed by atoms with Crippen LogP contribution in [0.1, 0.15) is 19.8 Å². The second kappa shape index (κ2) is 7.42. The Balaban J connectivity index is 2.36. The number of halogens is 2. The Morgan fingerprint density at radius 2 is 2.00 bits per heavy atom. The Labute approximate surface area is 115 Å². The summed E-state index contributed by atoms with van der Waals surface area (Å²) in [5.74, 6) is -2.92. The molecule has 7 heteroatoms. The summed E-state index contributed by atoms with van der Waals surface area (Å²) in [6.07, 6.45) is 0.481. The highest BCUT2D eigenvalue weighted by Crippen LogP contribution is 2.12. The molecular weight excluding hydrogens is 270 g/mol. The molecule has 0 bridgehead atoms. The fraction of sp³-hybridized carbons (Fsp3) is 0.385. The first-order valence-corrected chi connectivity index (χ1v) is 6.10. The van der Waals surface area contributed by atoms with Gasteiger partial charge in [0.15, 0.2) is 11.6 Å². The number of anilines is 1. The lowest BCUT2D eigenvalue weighted by molar-refractivity contribution is -0.137. The maximum absolute atomic E-state index is 12.9. The van der Waals surface area contributed by atoms with Gasteiger partial charge in [0.1, 0.15) is 0 Å².